The van der Waals surface area contributed by atoms with Crippen LogP contribution in [0.5, 0.6) is 5.88 Å². The molecule has 0 saturated heterocycles. The molecule has 1 aromatic heterocycles. The summed E-state index contributed by atoms with van der Waals surface area (Å²) in [5, 5.41) is 0. The van der Waals surface area contributed by atoms with Crippen LogP contribution in [0.2, 0.25) is 0 Å². The van der Waals surface area contributed by atoms with Gasteiger partial charge in [0.05, 0.1) is 18.5 Å². The van der Waals surface area contributed by atoms with Crippen molar-refractivity contribution in [3.8, 4) is 5.88 Å². The lowest BCUT2D eigenvalue weighted by Gasteiger charge is -2.07. The van der Waals surface area contributed by atoms with E-state index < -0.39 is 0 Å². The number of nitrogens with two attached hydrogens (primary N) is 1. The number of pyridine rings is 1. The minimum absolute atomic E-state index is 0.684. The Morgan fingerprint density at radius 3 is 2.86 bits per heavy atom. The molecule has 1 rings (SSSR count). The largest absolute Gasteiger partial charge is 0.477 e. The third-order valence-corrected chi connectivity index (χ3v) is 2.04. The smallest absolute Gasteiger partial charge is 0.216 e. The summed E-state index contributed by atoms with van der Waals surface area (Å²) >= 11 is 0. The van der Waals surface area contributed by atoms with Crippen molar-refractivity contribution in [2.45, 2.75) is 33.1 Å². The maximum Gasteiger partial charge on any atom is 0.216 e. The Morgan fingerprint density at radius 1 is 1.43 bits per heavy atom. The van der Waals surface area contributed by atoms with Crippen LogP contribution in [0.15, 0.2) is 12.3 Å². The van der Waals surface area contributed by atoms with Crippen molar-refractivity contribution in [2.24, 2.45) is 0 Å². The highest BCUT2D eigenvalue weighted by Crippen LogP contribution is 2.16. The number of aryl methyl sites for hydroxylation is 1. The van der Waals surface area contributed by atoms with Gasteiger partial charge in [-0.3, -0.25) is 0 Å². The molecule has 1 heterocycles. The topological polar surface area (TPSA) is 48.1 Å². The predicted octanol–water partition coefficient (Wildman–Crippen LogP) is 2.54. The van der Waals surface area contributed by atoms with Gasteiger partial charge in [0.15, 0.2) is 0 Å². The molecule has 0 aromatic carbocycles. The second-order valence-corrected chi connectivity index (χ2v) is 3.45. The second-order valence-electron chi connectivity index (χ2n) is 3.45. The number of nitrogens with zero attached hydrogens (tertiary/aromatic N) is 1. The standard InChI is InChI=1S/C11H18N2O/c1-3-4-5-6-14-11-9(2)7-10(12)8-13-11/h7-8H,3-6,12H2,1-2H3. The van der Waals surface area contributed by atoms with Crippen LogP contribution in [0.1, 0.15) is 31.7 Å². The number of nitrogen functional groups attached to an aromatic ring is 1. The van der Waals surface area contributed by atoms with E-state index in [2.05, 4.69) is 11.9 Å². The number of unbranched alkanes of at least 4 members (excludes halogenated alkanes) is 2. The number of ether oxygens (including phenoxy) is 1. The molecule has 0 radical (unpaired) electrons. The molecule has 3 heteroatoms. The van der Waals surface area contributed by atoms with Gasteiger partial charge in [-0.05, 0) is 19.4 Å². The first-order valence-electron chi connectivity index (χ1n) is 5.09. The van der Waals surface area contributed by atoms with Gasteiger partial charge in [-0.25, -0.2) is 4.98 Å². The van der Waals surface area contributed by atoms with Gasteiger partial charge >= 0.3 is 0 Å². The van der Waals surface area contributed by atoms with Crippen LogP contribution in [0, 0.1) is 6.92 Å². The zero-order valence-corrected chi connectivity index (χ0v) is 8.92. The highest BCUT2D eigenvalue weighted by molar-refractivity contribution is 5.41. The maximum absolute atomic E-state index is 5.59. The van der Waals surface area contributed by atoms with Gasteiger partial charge in [0.1, 0.15) is 0 Å². The first kappa shape index (κ1) is 10.8. The lowest BCUT2D eigenvalue weighted by atomic mass is 10.2. The Bertz CT molecular complexity index is 287. The van der Waals surface area contributed by atoms with E-state index in [4.69, 9.17) is 10.5 Å². The van der Waals surface area contributed by atoms with Gasteiger partial charge in [-0.2, -0.15) is 0 Å². The summed E-state index contributed by atoms with van der Waals surface area (Å²) in [6.07, 6.45) is 5.12. The third-order valence-electron chi connectivity index (χ3n) is 2.04. The van der Waals surface area contributed by atoms with E-state index in [9.17, 15) is 0 Å². The molecule has 0 amide bonds. The number of anilines is 1. The van der Waals surface area contributed by atoms with Crippen LogP contribution in [0.3, 0.4) is 0 Å². The molecule has 0 bridgehead atoms. The Kier molecular flexibility index (Phi) is 4.23. The van der Waals surface area contributed by atoms with E-state index in [0.717, 1.165) is 18.6 Å². The van der Waals surface area contributed by atoms with Crippen molar-refractivity contribution in [1.29, 1.82) is 0 Å². The van der Waals surface area contributed by atoms with Crippen molar-refractivity contribution < 1.29 is 4.74 Å². The monoisotopic (exact) mass is 194 g/mol. The molecule has 0 aliphatic heterocycles. The lowest BCUT2D eigenvalue weighted by molar-refractivity contribution is 0.293. The van der Waals surface area contributed by atoms with Gasteiger partial charge in [0, 0.05) is 5.56 Å². The zero-order chi connectivity index (χ0) is 10.4. The van der Waals surface area contributed by atoms with Crippen LogP contribution in [-0.2, 0) is 0 Å². The minimum Gasteiger partial charge on any atom is -0.477 e. The first-order chi connectivity index (χ1) is 6.74. The molecule has 0 aliphatic rings. The van der Waals surface area contributed by atoms with E-state index in [-0.39, 0.29) is 0 Å². The molecular weight excluding hydrogens is 176 g/mol. The van der Waals surface area contributed by atoms with Gasteiger partial charge < -0.3 is 10.5 Å². The molecule has 0 unspecified atom stereocenters. The highest BCUT2D eigenvalue weighted by atomic mass is 16.5. The highest BCUT2D eigenvalue weighted by Gasteiger charge is 2.00. The average molecular weight is 194 g/mol. The van der Waals surface area contributed by atoms with Crippen LogP contribution in [0.4, 0.5) is 5.69 Å². The van der Waals surface area contributed by atoms with Crippen LogP contribution in [0.25, 0.3) is 0 Å². The van der Waals surface area contributed by atoms with Gasteiger partial charge in [0.25, 0.3) is 0 Å². The second kappa shape index (κ2) is 5.47. The summed E-state index contributed by atoms with van der Waals surface area (Å²) in [5.41, 5.74) is 7.27. The van der Waals surface area contributed by atoms with E-state index in [0.29, 0.717) is 11.6 Å². The first-order valence-corrected chi connectivity index (χ1v) is 5.09. The van der Waals surface area contributed by atoms with E-state index in [1.807, 2.05) is 13.0 Å². The maximum atomic E-state index is 5.59. The summed E-state index contributed by atoms with van der Waals surface area (Å²) < 4.78 is 5.53. The summed E-state index contributed by atoms with van der Waals surface area (Å²) in [6.45, 7) is 4.87. The molecule has 0 aliphatic carbocycles. The molecule has 14 heavy (non-hydrogen) atoms. The van der Waals surface area contributed by atoms with Gasteiger partial charge in [0.2, 0.25) is 5.88 Å². The SMILES string of the molecule is CCCCCOc1ncc(N)cc1C. The van der Waals surface area contributed by atoms with Crippen molar-refractivity contribution in [3.63, 3.8) is 0 Å². The van der Waals surface area contributed by atoms with Crippen molar-refractivity contribution in [1.82, 2.24) is 4.98 Å². The molecule has 1 aromatic rings. The van der Waals surface area contributed by atoms with Crippen molar-refractivity contribution >= 4 is 5.69 Å². The zero-order valence-electron chi connectivity index (χ0n) is 8.92. The molecule has 0 saturated carbocycles. The Labute approximate surface area is 85.3 Å². The number of hydrogen-bond acceptors (Lipinski definition) is 3. The number of aromatic nitrogens is 1. The third kappa shape index (κ3) is 3.24. The van der Waals surface area contributed by atoms with Crippen molar-refractivity contribution in [3.05, 3.63) is 17.8 Å². The summed E-state index contributed by atoms with van der Waals surface area (Å²) in [5.74, 6) is 0.704. The molecule has 0 atom stereocenters. The fourth-order valence-electron chi connectivity index (χ4n) is 1.26. The normalized spacial score (nSPS) is 10.1. The number of hydrogen-bond donors (Lipinski definition) is 1. The summed E-state index contributed by atoms with van der Waals surface area (Å²) in [6, 6.07) is 1.88. The summed E-state index contributed by atoms with van der Waals surface area (Å²) in [4.78, 5) is 4.13. The van der Waals surface area contributed by atoms with Gasteiger partial charge in [-0.1, -0.05) is 19.8 Å². The fraction of sp³-hybridized carbons (Fsp3) is 0.545. The minimum atomic E-state index is 0.684. The molecular formula is C11H18N2O. The van der Waals surface area contributed by atoms with E-state index >= 15 is 0 Å². The van der Waals surface area contributed by atoms with E-state index in [1.54, 1.807) is 6.20 Å². The Balaban J connectivity index is 2.42. The molecule has 0 spiro atoms. The Hall–Kier alpha value is -1.25. The predicted molar refractivity (Wildman–Crippen MR) is 58.4 cm³/mol. The van der Waals surface area contributed by atoms with Crippen LogP contribution >= 0.6 is 0 Å². The van der Waals surface area contributed by atoms with Crippen LogP contribution < -0.4 is 10.5 Å². The van der Waals surface area contributed by atoms with E-state index in [1.165, 1.54) is 12.8 Å². The van der Waals surface area contributed by atoms with Crippen molar-refractivity contribution in [2.75, 3.05) is 12.3 Å². The lowest BCUT2D eigenvalue weighted by Crippen LogP contribution is -2.01. The van der Waals surface area contributed by atoms with Crippen LogP contribution in [-0.4, -0.2) is 11.6 Å². The molecule has 2 N–H and O–H groups in total. The number of rotatable bonds is 5. The van der Waals surface area contributed by atoms with Gasteiger partial charge in [-0.15, -0.1) is 0 Å². The molecule has 3 nitrogen and oxygen atoms in total. The average Bonchev–Trinajstić information content (AvgIpc) is 2.15. The summed E-state index contributed by atoms with van der Waals surface area (Å²) in [7, 11) is 0. The fourth-order valence-corrected chi connectivity index (χ4v) is 1.26. The quantitative estimate of drug-likeness (QED) is 0.733. The Morgan fingerprint density at radius 2 is 2.21 bits per heavy atom. The molecule has 78 valence electrons. The molecule has 0 fully saturated rings.